The standard InChI is InChI=1S/C11H15NO2/c1-8-4-2-3-6-11(8)9(13)5-7-12-10(11)14/h5,7-8H,2-4,6H2,1H3,(H,12,14). The third-order valence-corrected chi connectivity index (χ3v) is 3.59. The molecule has 1 heterocycles. The van der Waals surface area contributed by atoms with Crippen molar-refractivity contribution in [3.8, 4) is 0 Å². The minimum absolute atomic E-state index is 0.00606. The molecule has 0 aromatic rings. The second kappa shape index (κ2) is 3.23. The molecule has 1 N–H and O–H groups in total. The highest BCUT2D eigenvalue weighted by molar-refractivity contribution is 6.13. The smallest absolute Gasteiger partial charge is 0.238 e. The van der Waals surface area contributed by atoms with E-state index in [1.807, 2.05) is 6.92 Å². The molecule has 1 spiro atoms. The third-order valence-electron chi connectivity index (χ3n) is 3.59. The average Bonchev–Trinajstić information content (AvgIpc) is 2.17. The van der Waals surface area contributed by atoms with Crippen LogP contribution in [0.3, 0.4) is 0 Å². The van der Waals surface area contributed by atoms with E-state index in [1.54, 1.807) is 0 Å². The number of nitrogens with one attached hydrogen (secondary N) is 1. The number of amides is 1. The van der Waals surface area contributed by atoms with E-state index >= 15 is 0 Å². The zero-order chi connectivity index (χ0) is 10.2. The Hall–Kier alpha value is -1.12. The van der Waals surface area contributed by atoms with Gasteiger partial charge in [-0.15, -0.1) is 0 Å². The number of carbonyl (C=O) groups is 2. The Bertz CT molecular complexity index is 308. The summed E-state index contributed by atoms with van der Waals surface area (Å²) in [5.41, 5.74) is -0.743. The molecule has 1 aliphatic carbocycles. The number of ketones is 1. The lowest BCUT2D eigenvalue weighted by Crippen LogP contribution is -2.52. The van der Waals surface area contributed by atoms with Gasteiger partial charge in [-0.2, -0.15) is 0 Å². The molecule has 2 rings (SSSR count). The van der Waals surface area contributed by atoms with Crippen LogP contribution in [0.2, 0.25) is 0 Å². The number of hydrogen-bond acceptors (Lipinski definition) is 2. The summed E-state index contributed by atoms with van der Waals surface area (Å²) in [6, 6.07) is 0. The van der Waals surface area contributed by atoms with E-state index in [4.69, 9.17) is 0 Å². The van der Waals surface area contributed by atoms with Crippen LogP contribution in [0, 0.1) is 11.3 Å². The molecule has 1 fully saturated rings. The predicted molar refractivity (Wildman–Crippen MR) is 52.4 cm³/mol. The fourth-order valence-corrected chi connectivity index (χ4v) is 2.63. The second-order valence-electron chi connectivity index (χ2n) is 4.29. The maximum Gasteiger partial charge on any atom is 0.238 e. The van der Waals surface area contributed by atoms with Gasteiger partial charge in [-0.05, 0) is 24.8 Å². The number of allylic oxidation sites excluding steroid dienone is 1. The normalized spacial score (nSPS) is 37.4. The Morgan fingerprint density at radius 3 is 2.86 bits per heavy atom. The predicted octanol–water partition coefficient (Wildman–Crippen LogP) is 1.40. The maximum atomic E-state index is 11.8. The highest BCUT2D eigenvalue weighted by Gasteiger charge is 2.50. The molecule has 1 saturated carbocycles. The Morgan fingerprint density at radius 2 is 2.21 bits per heavy atom. The highest BCUT2D eigenvalue weighted by Crippen LogP contribution is 2.43. The lowest BCUT2D eigenvalue weighted by Gasteiger charge is -2.40. The molecule has 0 saturated heterocycles. The molecule has 0 aromatic heterocycles. The van der Waals surface area contributed by atoms with E-state index in [0.717, 1.165) is 19.3 Å². The van der Waals surface area contributed by atoms with Crippen molar-refractivity contribution in [1.82, 2.24) is 5.32 Å². The maximum absolute atomic E-state index is 11.8. The van der Waals surface area contributed by atoms with Crippen LogP contribution in [0.5, 0.6) is 0 Å². The van der Waals surface area contributed by atoms with Crippen molar-refractivity contribution < 1.29 is 9.59 Å². The summed E-state index contributed by atoms with van der Waals surface area (Å²) in [4.78, 5) is 23.7. The van der Waals surface area contributed by atoms with E-state index in [1.165, 1.54) is 12.3 Å². The third kappa shape index (κ3) is 1.11. The molecule has 0 radical (unpaired) electrons. The number of hydrogen-bond donors (Lipinski definition) is 1. The van der Waals surface area contributed by atoms with Crippen molar-refractivity contribution in [3.05, 3.63) is 12.3 Å². The first-order chi connectivity index (χ1) is 6.68. The Kier molecular flexibility index (Phi) is 2.17. The lowest BCUT2D eigenvalue weighted by molar-refractivity contribution is -0.146. The molecule has 0 bridgehead atoms. The summed E-state index contributed by atoms with van der Waals surface area (Å²) in [6.07, 6.45) is 6.77. The zero-order valence-corrected chi connectivity index (χ0v) is 8.38. The van der Waals surface area contributed by atoms with Crippen LogP contribution < -0.4 is 5.32 Å². The summed E-state index contributed by atoms with van der Waals surface area (Å²) in [5.74, 6) is 0.0688. The summed E-state index contributed by atoms with van der Waals surface area (Å²) >= 11 is 0. The molecule has 2 aliphatic rings. The number of carbonyl (C=O) groups excluding carboxylic acids is 2. The van der Waals surface area contributed by atoms with Gasteiger partial charge in [0.1, 0.15) is 5.41 Å². The summed E-state index contributed by atoms with van der Waals surface area (Å²) < 4.78 is 0. The molecule has 3 nitrogen and oxygen atoms in total. The van der Waals surface area contributed by atoms with Crippen molar-refractivity contribution in [1.29, 1.82) is 0 Å². The molecule has 76 valence electrons. The highest BCUT2D eigenvalue weighted by atomic mass is 16.2. The molecular weight excluding hydrogens is 178 g/mol. The first-order valence-electron chi connectivity index (χ1n) is 5.20. The van der Waals surface area contributed by atoms with Gasteiger partial charge in [-0.25, -0.2) is 0 Å². The Labute approximate surface area is 83.6 Å². The SMILES string of the molecule is CC1CCCCC12C(=O)C=CNC2=O. The molecular formula is C11H15NO2. The minimum Gasteiger partial charge on any atom is -0.332 e. The molecule has 14 heavy (non-hydrogen) atoms. The van der Waals surface area contributed by atoms with Gasteiger partial charge >= 0.3 is 0 Å². The van der Waals surface area contributed by atoms with E-state index in [9.17, 15) is 9.59 Å². The van der Waals surface area contributed by atoms with Gasteiger partial charge in [0.05, 0.1) is 0 Å². The minimum atomic E-state index is -0.743. The van der Waals surface area contributed by atoms with Crippen LogP contribution in [0.15, 0.2) is 12.3 Å². The van der Waals surface area contributed by atoms with Crippen molar-refractivity contribution in [2.75, 3.05) is 0 Å². The molecule has 3 heteroatoms. The fourth-order valence-electron chi connectivity index (χ4n) is 2.63. The lowest BCUT2D eigenvalue weighted by atomic mass is 9.63. The Morgan fingerprint density at radius 1 is 1.43 bits per heavy atom. The van der Waals surface area contributed by atoms with E-state index in [2.05, 4.69) is 5.32 Å². The molecule has 0 aromatic carbocycles. The summed E-state index contributed by atoms with van der Waals surface area (Å²) in [7, 11) is 0. The van der Waals surface area contributed by atoms with Crippen molar-refractivity contribution in [3.63, 3.8) is 0 Å². The van der Waals surface area contributed by atoms with Crippen LogP contribution in [-0.4, -0.2) is 11.7 Å². The topological polar surface area (TPSA) is 46.2 Å². The van der Waals surface area contributed by atoms with Gasteiger partial charge in [0.2, 0.25) is 5.91 Å². The molecule has 1 aliphatic heterocycles. The average molecular weight is 193 g/mol. The summed E-state index contributed by atoms with van der Waals surface area (Å²) in [6.45, 7) is 2.01. The van der Waals surface area contributed by atoms with E-state index in [-0.39, 0.29) is 17.6 Å². The largest absolute Gasteiger partial charge is 0.332 e. The monoisotopic (exact) mass is 193 g/mol. The van der Waals surface area contributed by atoms with Gasteiger partial charge in [0, 0.05) is 6.20 Å². The van der Waals surface area contributed by atoms with Gasteiger partial charge in [-0.3, -0.25) is 9.59 Å². The fraction of sp³-hybridized carbons (Fsp3) is 0.636. The van der Waals surface area contributed by atoms with Gasteiger partial charge in [-0.1, -0.05) is 19.8 Å². The van der Waals surface area contributed by atoms with Crippen molar-refractivity contribution >= 4 is 11.7 Å². The second-order valence-corrected chi connectivity index (χ2v) is 4.29. The van der Waals surface area contributed by atoms with Crippen LogP contribution in [0.1, 0.15) is 32.6 Å². The van der Waals surface area contributed by atoms with Crippen LogP contribution in [0.4, 0.5) is 0 Å². The molecule has 2 unspecified atom stereocenters. The zero-order valence-electron chi connectivity index (χ0n) is 8.38. The molecule has 1 amide bonds. The van der Waals surface area contributed by atoms with E-state index < -0.39 is 5.41 Å². The van der Waals surface area contributed by atoms with Crippen LogP contribution in [-0.2, 0) is 9.59 Å². The van der Waals surface area contributed by atoms with Gasteiger partial charge < -0.3 is 5.32 Å². The van der Waals surface area contributed by atoms with Gasteiger partial charge in [0.15, 0.2) is 5.78 Å². The van der Waals surface area contributed by atoms with E-state index in [0.29, 0.717) is 6.42 Å². The summed E-state index contributed by atoms with van der Waals surface area (Å²) in [5, 5.41) is 2.66. The van der Waals surface area contributed by atoms with Crippen molar-refractivity contribution in [2.45, 2.75) is 32.6 Å². The molecule has 2 atom stereocenters. The first-order valence-corrected chi connectivity index (χ1v) is 5.20. The number of rotatable bonds is 0. The Balaban J connectivity index is 2.39. The first kappa shape index (κ1) is 9.44. The van der Waals surface area contributed by atoms with Crippen LogP contribution >= 0.6 is 0 Å². The van der Waals surface area contributed by atoms with Crippen molar-refractivity contribution in [2.24, 2.45) is 11.3 Å². The van der Waals surface area contributed by atoms with Crippen LogP contribution in [0.25, 0.3) is 0 Å². The quantitative estimate of drug-likeness (QED) is 0.591. The van der Waals surface area contributed by atoms with Gasteiger partial charge in [0.25, 0.3) is 0 Å².